The SMILES string of the molecule is CCOc1ccc2[nH]c3nc(SCC(=O)Nc4ccc(NC(C)=O)cc4)nnc3c2c1. The van der Waals surface area contributed by atoms with Gasteiger partial charge in [0.1, 0.15) is 11.3 Å². The Balaban J connectivity index is 1.40. The van der Waals surface area contributed by atoms with Crippen molar-refractivity contribution in [3.05, 3.63) is 42.5 Å². The van der Waals surface area contributed by atoms with Crippen LogP contribution in [0.25, 0.3) is 22.1 Å². The molecule has 9 nitrogen and oxygen atoms in total. The lowest BCUT2D eigenvalue weighted by Crippen LogP contribution is -2.14. The molecule has 3 N–H and O–H groups in total. The van der Waals surface area contributed by atoms with Crippen LogP contribution in [0.3, 0.4) is 0 Å². The number of benzene rings is 2. The van der Waals surface area contributed by atoms with Gasteiger partial charge in [-0.25, -0.2) is 4.98 Å². The number of fused-ring (bicyclic) bond motifs is 3. The van der Waals surface area contributed by atoms with Gasteiger partial charge < -0.3 is 20.4 Å². The maximum absolute atomic E-state index is 12.3. The van der Waals surface area contributed by atoms with Crippen LogP contribution in [-0.4, -0.2) is 44.3 Å². The largest absolute Gasteiger partial charge is 0.494 e. The Hall–Kier alpha value is -3.66. The Morgan fingerprint density at radius 2 is 1.81 bits per heavy atom. The van der Waals surface area contributed by atoms with E-state index >= 15 is 0 Å². The molecule has 0 fully saturated rings. The zero-order valence-electron chi connectivity index (χ0n) is 16.9. The van der Waals surface area contributed by atoms with Crippen molar-refractivity contribution in [1.82, 2.24) is 20.2 Å². The summed E-state index contributed by atoms with van der Waals surface area (Å²) in [4.78, 5) is 31.0. The molecule has 0 saturated heterocycles. The standard InChI is InChI=1S/C21H20N6O3S/c1-3-30-15-8-9-17-16(10-15)19-20(24-17)25-21(27-26-19)31-11-18(29)23-14-6-4-13(5-7-14)22-12(2)28/h4-10H,3,11H2,1-2H3,(H,22,28)(H,23,29)(H,24,25,27). The summed E-state index contributed by atoms with van der Waals surface area (Å²) in [5, 5.41) is 15.2. The molecule has 2 heterocycles. The van der Waals surface area contributed by atoms with Gasteiger partial charge in [-0.15, -0.1) is 10.2 Å². The van der Waals surface area contributed by atoms with Crippen LogP contribution in [0.1, 0.15) is 13.8 Å². The molecule has 4 rings (SSSR count). The van der Waals surface area contributed by atoms with Crippen LogP contribution in [-0.2, 0) is 9.59 Å². The van der Waals surface area contributed by atoms with E-state index in [0.29, 0.717) is 34.3 Å². The first-order valence-electron chi connectivity index (χ1n) is 9.61. The summed E-state index contributed by atoms with van der Waals surface area (Å²) in [6, 6.07) is 12.6. The van der Waals surface area contributed by atoms with Crippen LogP contribution in [0.4, 0.5) is 11.4 Å². The highest BCUT2D eigenvalue weighted by molar-refractivity contribution is 7.99. The van der Waals surface area contributed by atoms with Gasteiger partial charge in [0, 0.05) is 29.2 Å². The van der Waals surface area contributed by atoms with Gasteiger partial charge in [0.2, 0.25) is 17.0 Å². The summed E-state index contributed by atoms with van der Waals surface area (Å²) in [5.74, 6) is 0.551. The zero-order valence-corrected chi connectivity index (χ0v) is 17.7. The maximum atomic E-state index is 12.3. The molecule has 10 heteroatoms. The van der Waals surface area contributed by atoms with E-state index in [-0.39, 0.29) is 17.6 Å². The molecule has 4 aromatic rings. The van der Waals surface area contributed by atoms with E-state index in [0.717, 1.165) is 16.7 Å². The smallest absolute Gasteiger partial charge is 0.234 e. The van der Waals surface area contributed by atoms with Crippen molar-refractivity contribution < 1.29 is 14.3 Å². The number of hydrogen-bond acceptors (Lipinski definition) is 7. The van der Waals surface area contributed by atoms with E-state index in [2.05, 4.69) is 30.8 Å². The third-order valence-electron chi connectivity index (χ3n) is 4.30. The van der Waals surface area contributed by atoms with Gasteiger partial charge in [0.25, 0.3) is 0 Å². The third-order valence-corrected chi connectivity index (χ3v) is 5.14. The number of nitrogens with zero attached hydrogens (tertiary/aromatic N) is 3. The zero-order chi connectivity index (χ0) is 21.8. The summed E-state index contributed by atoms with van der Waals surface area (Å²) in [6.45, 7) is 3.95. The lowest BCUT2D eigenvalue weighted by Gasteiger charge is -2.06. The molecule has 0 atom stereocenters. The van der Waals surface area contributed by atoms with Gasteiger partial charge >= 0.3 is 0 Å². The van der Waals surface area contributed by atoms with Gasteiger partial charge in [-0.2, -0.15) is 0 Å². The average Bonchev–Trinajstić information content (AvgIpc) is 3.11. The molecule has 0 aliphatic rings. The minimum absolute atomic E-state index is 0.134. The first-order chi connectivity index (χ1) is 15.0. The maximum Gasteiger partial charge on any atom is 0.234 e. The lowest BCUT2D eigenvalue weighted by atomic mass is 10.2. The predicted octanol–water partition coefficient (Wildman–Crippen LogP) is 3.59. The number of hydrogen-bond donors (Lipinski definition) is 3. The van der Waals surface area contributed by atoms with Gasteiger partial charge in [0.05, 0.1) is 12.4 Å². The number of carbonyl (C=O) groups is 2. The molecule has 0 saturated carbocycles. The highest BCUT2D eigenvalue weighted by atomic mass is 32.2. The van der Waals surface area contributed by atoms with Crippen molar-refractivity contribution in [2.24, 2.45) is 0 Å². The highest BCUT2D eigenvalue weighted by Gasteiger charge is 2.12. The van der Waals surface area contributed by atoms with Crippen molar-refractivity contribution in [2.45, 2.75) is 19.0 Å². The minimum Gasteiger partial charge on any atom is -0.494 e. The molecule has 0 aliphatic heterocycles. The number of aromatic nitrogens is 4. The van der Waals surface area contributed by atoms with E-state index in [9.17, 15) is 9.59 Å². The normalized spacial score (nSPS) is 10.9. The number of H-pyrrole nitrogens is 1. The summed E-state index contributed by atoms with van der Waals surface area (Å²) in [7, 11) is 0. The average molecular weight is 436 g/mol. The van der Waals surface area contributed by atoms with E-state index in [1.165, 1.54) is 18.7 Å². The first kappa shape index (κ1) is 20.6. The van der Waals surface area contributed by atoms with Crippen LogP contribution in [0, 0.1) is 0 Å². The van der Waals surface area contributed by atoms with E-state index < -0.39 is 0 Å². The van der Waals surface area contributed by atoms with Crippen molar-refractivity contribution in [1.29, 1.82) is 0 Å². The number of nitrogens with one attached hydrogen (secondary N) is 3. The summed E-state index contributed by atoms with van der Waals surface area (Å²) in [6.07, 6.45) is 0. The van der Waals surface area contributed by atoms with Crippen LogP contribution in [0.15, 0.2) is 47.6 Å². The van der Waals surface area contributed by atoms with Crippen molar-refractivity contribution in [3.8, 4) is 5.75 Å². The number of thioether (sulfide) groups is 1. The second-order valence-corrected chi connectivity index (χ2v) is 7.59. The fourth-order valence-corrected chi connectivity index (χ4v) is 3.61. The second-order valence-electron chi connectivity index (χ2n) is 6.65. The molecule has 0 radical (unpaired) electrons. The number of amides is 2. The quantitative estimate of drug-likeness (QED) is 0.378. The number of ether oxygens (including phenoxy) is 1. The van der Waals surface area contributed by atoms with Crippen LogP contribution < -0.4 is 15.4 Å². The molecule has 2 aromatic carbocycles. The van der Waals surface area contributed by atoms with E-state index in [4.69, 9.17) is 4.74 Å². The molecule has 0 spiro atoms. The van der Waals surface area contributed by atoms with Crippen molar-refractivity contribution >= 4 is 57.0 Å². The number of rotatable bonds is 7. The Morgan fingerprint density at radius 1 is 1.06 bits per heavy atom. The lowest BCUT2D eigenvalue weighted by molar-refractivity contribution is -0.114. The Kier molecular flexibility index (Phi) is 5.99. The van der Waals surface area contributed by atoms with Gasteiger partial charge in [-0.3, -0.25) is 9.59 Å². The van der Waals surface area contributed by atoms with E-state index in [1.54, 1.807) is 24.3 Å². The second kappa shape index (κ2) is 9.00. The molecule has 2 amide bonds. The molecular weight excluding hydrogens is 416 g/mol. The number of carbonyl (C=O) groups excluding carboxylic acids is 2. The van der Waals surface area contributed by atoms with Gasteiger partial charge in [-0.05, 0) is 49.4 Å². The van der Waals surface area contributed by atoms with Crippen LogP contribution >= 0.6 is 11.8 Å². The molecule has 158 valence electrons. The first-order valence-corrected chi connectivity index (χ1v) is 10.6. The fourth-order valence-electron chi connectivity index (χ4n) is 3.02. The molecule has 2 aromatic heterocycles. The highest BCUT2D eigenvalue weighted by Crippen LogP contribution is 2.27. The van der Waals surface area contributed by atoms with Gasteiger partial charge in [0.15, 0.2) is 5.65 Å². The van der Waals surface area contributed by atoms with Gasteiger partial charge in [-0.1, -0.05) is 11.8 Å². The third kappa shape index (κ3) is 4.92. The van der Waals surface area contributed by atoms with Crippen molar-refractivity contribution in [2.75, 3.05) is 23.0 Å². The molecular formula is C21H20N6O3S. The van der Waals surface area contributed by atoms with Crippen molar-refractivity contribution in [3.63, 3.8) is 0 Å². The molecule has 0 bridgehead atoms. The van der Waals surface area contributed by atoms with Crippen LogP contribution in [0.5, 0.6) is 5.75 Å². The Morgan fingerprint density at radius 3 is 2.52 bits per heavy atom. The monoisotopic (exact) mass is 436 g/mol. The van der Waals surface area contributed by atoms with E-state index in [1.807, 2.05) is 25.1 Å². The van der Waals surface area contributed by atoms with Crippen LogP contribution in [0.2, 0.25) is 0 Å². The Bertz CT molecular complexity index is 1260. The summed E-state index contributed by atoms with van der Waals surface area (Å²) >= 11 is 1.20. The predicted molar refractivity (Wildman–Crippen MR) is 120 cm³/mol. The Labute approximate surface area is 182 Å². The number of aromatic amines is 1. The summed E-state index contributed by atoms with van der Waals surface area (Å²) in [5.41, 5.74) is 3.46. The summed E-state index contributed by atoms with van der Waals surface area (Å²) < 4.78 is 5.54. The minimum atomic E-state index is -0.195. The molecule has 0 unspecified atom stereocenters. The molecule has 31 heavy (non-hydrogen) atoms. The topological polar surface area (TPSA) is 122 Å². The molecule has 0 aliphatic carbocycles. The number of anilines is 2. The fraction of sp³-hybridized carbons (Fsp3) is 0.190.